The largest absolute Gasteiger partial charge is 0.456 e. The fourth-order valence-electron chi connectivity index (χ4n) is 4.75. The third-order valence-corrected chi connectivity index (χ3v) is 7.69. The van der Waals surface area contributed by atoms with Crippen molar-refractivity contribution in [3.05, 3.63) is 68.7 Å². The summed E-state index contributed by atoms with van der Waals surface area (Å²) in [6.45, 7) is 3.51. The summed E-state index contributed by atoms with van der Waals surface area (Å²) in [5.74, 6) is -1.49. The minimum atomic E-state index is -0.820. The molecule has 1 fully saturated rings. The van der Waals surface area contributed by atoms with Crippen molar-refractivity contribution in [2.45, 2.75) is 39.0 Å². The average Bonchev–Trinajstić information content (AvgIpc) is 3.43. The quantitative estimate of drug-likeness (QED) is 0.189. The number of benzene rings is 1. The van der Waals surface area contributed by atoms with Crippen LogP contribution >= 0.6 is 11.3 Å². The van der Waals surface area contributed by atoms with Gasteiger partial charge in [-0.3, -0.25) is 14.9 Å². The second-order valence-electron chi connectivity index (χ2n) is 8.68. The first-order valence-electron chi connectivity index (χ1n) is 10.8. The van der Waals surface area contributed by atoms with Crippen molar-refractivity contribution in [2.75, 3.05) is 0 Å². The molecule has 34 heavy (non-hydrogen) atoms. The highest BCUT2D eigenvalue weighted by atomic mass is 32.1. The van der Waals surface area contributed by atoms with E-state index in [0.717, 1.165) is 16.2 Å². The molecule has 176 valence electrons. The third kappa shape index (κ3) is 3.31. The molecule has 2 aliphatic heterocycles. The number of nitrogens with zero attached hydrogens (tertiary/aromatic N) is 4. The van der Waals surface area contributed by atoms with Crippen LogP contribution in [0.25, 0.3) is 10.4 Å². The van der Waals surface area contributed by atoms with Gasteiger partial charge in [0.1, 0.15) is 18.0 Å². The van der Waals surface area contributed by atoms with E-state index in [9.17, 15) is 24.8 Å². The van der Waals surface area contributed by atoms with Gasteiger partial charge in [0.15, 0.2) is 5.69 Å². The van der Waals surface area contributed by atoms with Crippen LogP contribution in [0.3, 0.4) is 0 Å². The number of nitro benzene ring substituents is 1. The minimum absolute atomic E-state index is 0.0503. The van der Waals surface area contributed by atoms with Crippen molar-refractivity contribution < 1.29 is 28.8 Å². The highest BCUT2D eigenvalue weighted by molar-refractivity contribution is 7.15. The van der Waals surface area contributed by atoms with Gasteiger partial charge in [-0.15, -0.1) is 0 Å². The number of amides is 1. The number of ether oxygens (including phenoxy) is 1. The zero-order valence-corrected chi connectivity index (χ0v) is 19.6. The van der Waals surface area contributed by atoms with Gasteiger partial charge in [-0.1, -0.05) is 11.3 Å². The van der Waals surface area contributed by atoms with Crippen LogP contribution < -0.4 is 4.40 Å². The number of fused-ring (bicyclic) bond motifs is 2. The van der Waals surface area contributed by atoms with Crippen molar-refractivity contribution in [3.63, 3.8) is 0 Å². The summed E-state index contributed by atoms with van der Waals surface area (Å²) in [7, 11) is 1.95. The Hall–Kier alpha value is -3.57. The number of hydrogen-bond donors (Lipinski definition) is 1. The van der Waals surface area contributed by atoms with Crippen molar-refractivity contribution in [3.8, 4) is 0 Å². The third-order valence-electron chi connectivity index (χ3n) is 6.64. The average molecular weight is 484 g/mol. The first kappa shape index (κ1) is 22.2. The van der Waals surface area contributed by atoms with Gasteiger partial charge in [0.05, 0.1) is 30.0 Å². The SMILES string of the molecule is Cc1c2scc(C3=C(C(=O)OCc4ccc([N+](=O)[O-])cc4)N4C(=O)[C@H]([C@@H](C)O)[C@H]4C3)[n+]2cn1C. The Morgan fingerprint density at radius 2 is 2.09 bits per heavy atom. The normalized spacial score (nSPS) is 20.5. The number of aliphatic hydroxyl groups excluding tert-OH is 1. The van der Waals surface area contributed by atoms with Crippen LogP contribution in [0.5, 0.6) is 0 Å². The van der Waals surface area contributed by atoms with Gasteiger partial charge in [0, 0.05) is 36.4 Å². The predicted molar refractivity (Wildman–Crippen MR) is 121 cm³/mol. The molecule has 1 saturated heterocycles. The summed E-state index contributed by atoms with van der Waals surface area (Å²) < 4.78 is 9.55. The molecule has 3 aromatic rings. The fraction of sp³-hybridized carbons (Fsp3) is 0.348. The molecule has 3 atom stereocenters. The highest BCUT2D eigenvalue weighted by Crippen LogP contribution is 2.47. The Labute approximate surface area is 198 Å². The fourth-order valence-corrected chi connectivity index (χ4v) is 5.81. The molecule has 2 aliphatic rings. The molecule has 0 spiro atoms. The molecule has 0 radical (unpaired) electrons. The number of aromatic nitrogens is 2. The van der Waals surface area contributed by atoms with E-state index in [4.69, 9.17) is 4.74 Å². The van der Waals surface area contributed by atoms with Gasteiger partial charge in [-0.05, 0) is 24.6 Å². The number of carbonyl (C=O) groups excluding carboxylic acids is 2. The molecular weight excluding hydrogens is 460 g/mol. The number of β-lactam (4-membered cyclic amide) rings is 1. The standard InChI is InChI=1S/C23H23N4O6S/c1-12-22-25(11-24(12)3)18(10-34-22)16-8-17-19(13(2)28)21(29)26(17)20(16)23(30)33-9-14-4-6-15(7-5-14)27(31)32/h4-7,10-11,13,17,19,28H,8-9H2,1-3H3/q+1/t13-,17-,19-/m1/s1. The van der Waals surface area contributed by atoms with Gasteiger partial charge in [0.25, 0.3) is 5.69 Å². The van der Waals surface area contributed by atoms with E-state index in [-0.39, 0.29) is 29.9 Å². The lowest BCUT2D eigenvalue weighted by atomic mass is 9.83. The number of thiazole rings is 1. The molecule has 0 aliphatic carbocycles. The van der Waals surface area contributed by atoms with Crippen LogP contribution in [0.1, 0.15) is 30.3 Å². The number of aliphatic hydroxyl groups is 1. The van der Waals surface area contributed by atoms with Gasteiger partial charge >= 0.3 is 5.97 Å². The summed E-state index contributed by atoms with van der Waals surface area (Å²) >= 11 is 1.55. The van der Waals surface area contributed by atoms with Gasteiger partial charge in [-0.25, -0.2) is 9.36 Å². The monoisotopic (exact) mass is 483 g/mol. The smallest absolute Gasteiger partial charge is 0.355 e. The van der Waals surface area contributed by atoms with Crippen molar-refractivity contribution in [1.29, 1.82) is 0 Å². The first-order valence-corrected chi connectivity index (χ1v) is 11.7. The highest BCUT2D eigenvalue weighted by Gasteiger charge is 2.57. The topological polar surface area (TPSA) is 119 Å². The summed E-state index contributed by atoms with van der Waals surface area (Å²) in [6, 6.07) is 5.46. The second kappa shape index (κ2) is 8.03. The Balaban J connectivity index is 1.48. The number of non-ortho nitro benzene ring substituents is 1. The first-order chi connectivity index (χ1) is 16.2. The summed E-state index contributed by atoms with van der Waals surface area (Å²) in [4.78, 5) is 39.0. The number of aryl methyl sites for hydroxylation is 2. The van der Waals surface area contributed by atoms with Gasteiger partial charge < -0.3 is 14.7 Å². The minimum Gasteiger partial charge on any atom is -0.456 e. The molecule has 0 saturated carbocycles. The molecule has 4 heterocycles. The van der Waals surface area contributed by atoms with Crippen molar-refractivity contribution in [1.82, 2.24) is 9.47 Å². The maximum absolute atomic E-state index is 13.3. The van der Waals surface area contributed by atoms with E-state index >= 15 is 0 Å². The Morgan fingerprint density at radius 3 is 2.74 bits per heavy atom. The number of carbonyl (C=O) groups is 2. The van der Waals surface area contributed by atoms with Crippen LogP contribution in [0.15, 0.2) is 41.7 Å². The summed E-state index contributed by atoms with van der Waals surface area (Å²) in [5.41, 5.74) is 3.35. The van der Waals surface area contributed by atoms with E-state index in [1.807, 2.05) is 34.6 Å². The van der Waals surface area contributed by atoms with E-state index < -0.39 is 22.9 Å². The molecule has 10 nitrogen and oxygen atoms in total. The van der Waals surface area contributed by atoms with E-state index in [1.54, 1.807) is 18.3 Å². The number of imidazole rings is 1. The molecule has 11 heteroatoms. The predicted octanol–water partition coefficient (Wildman–Crippen LogP) is 2.11. The molecular formula is C23H23N4O6S+. The van der Waals surface area contributed by atoms with Crippen LogP contribution in [0, 0.1) is 23.0 Å². The molecule has 1 N–H and O–H groups in total. The summed E-state index contributed by atoms with van der Waals surface area (Å²) in [5, 5.41) is 22.9. The molecule has 1 amide bonds. The molecule has 0 unspecified atom stereocenters. The lowest BCUT2D eigenvalue weighted by Gasteiger charge is -2.44. The van der Waals surface area contributed by atoms with Crippen molar-refractivity contribution >= 4 is 39.3 Å². The maximum atomic E-state index is 13.3. The number of hydrogen-bond acceptors (Lipinski definition) is 7. The lowest BCUT2D eigenvalue weighted by Crippen LogP contribution is -2.61. The molecule has 1 aromatic carbocycles. The zero-order chi connectivity index (χ0) is 24.3. The van der Waals surface area contributed by atoms with Crippen molar-refractivity contribution in [2.24, 2.45) is 13.0 Å². The number of esters is 1. The van der Waals surface area contributed by atoms with E-state index in [1.165, 1.54) is 29.2 Å². The molecule has 0 bridgehead atoms. The molecule has 5 rings (SSSR count). The zero-order valence-electron chi connectivity index (χ0n) is 18.8. The van der Waals surface area contributed by atoms with Crippen LogP contribution in [-0.2, 0) is 28.0 Å². The van der Waals surface area contributed by atoms with Crippen LogP contribution in [0.2, 0.25) is 0 Å². The Bertz CT molecular complexity index is 1370. The van der Waals surface area contributed by atoms with E-state index in [2.05, 4.69) is 0 Å². The number of nitro groups is 1. The van der Waals surface area contributed by atoms with Crippen LogP contribution in [0.4, 0.5) is 5.69 Å². The Kier molecular flexibility index (Phi) is 5.25. The van der Waals surface area contributed by atoms with Gasteiger partial charge in [0.2, 0.25) is 17.1 Å². The number of rotatable bonds is 6. The van der Waals surface area contributed by atoms with E-state index in [0.29, 0.717) is 17.6 Å². The van der Waals surface area contributed by atoms with Crippen LogP contribution in [-0.4, -0.2) is 43.5 Å². The van der Waals surface area contributed by atoms with Gasteiger partial charge in [-0.2, -0.15) is 4.40 Å². The Morgan fingerprint density at radius 1 is 1.38 bits per heavy atom. The summed E-state index contributed by atoms with van der Waals surface area (Å²) in [6.07, 6.45) is 1.56. The maximum Gasteiger partial charge on any atom is 0.355 e. The molecule has 2 aromatic heterocycles. The lowest BCUT2D eigenvalue weighted by molar-refractivity contribution is -0.511. The second-order valence-corrected chi connectivity index (χ2v) is 9.54.